The van der Waals surface area contributed by atoms with Crippen molar-refractivity contribution in [2.75, 3.05) is 13.1 Å². The van der Waals surface area contributed by atoms with Gasteiger partial charge in [-0.2, -0.15) is 0 Å². The van der Waals surface area contributed by atoms with E-state index in [1.54, 1.807) is 0 Å². The lowest BCUT2D eigenvalue weighted by Crippen LogP contribution is -2.45. The van der Waals surface area contributed by atoms with Crippen LogP contribution in [0.25, 0.3) is 0 Å². The fraction of sp³-hybridized carbons (Fsp3) is 0.455. The van der Waals surface area contributed by atoms with Crippen LogP contribution in [0.5, 0.6) is 0 Å². The quantitative estimate of drug-likeness (QED) is 0.838. The molecule has 0 spiro atoms. The SMILES string of the molecule is O=S(=O)(N[C@H]1CCCNC1)c1c(Cl)cc(Br)cc1Cl. The molecular weight excluding hydrogens is 375 g/mol. The monoisotopic (exact) mass is 386 g/mol. The van der Waals surface area contributed by atoms with Gasteiger partial charge < -0.3 is 5.32 Å². The maximum absolute atomic E-state index is 12.3. The molecule has 0 saturated carbocycles. The largest absolute Gasteiger partial charge is 0.315 e. The summed E-state index contributed by atoms with van der Waals surface area (Å²) in [6.45, 7) is 1.53. The van der Waals surface area contributed by atoms with E-state index in [-0.39, 0.29) is 21.0 Å². The Hall–Kier alpha value is 0.150. The van der Waals surface area contributed by atoms with Crippen LogP contribution >= 0.6 is 39.1 Å². The molecule has 2 rings (SSSR count). The standard InChI is InChI=1S/C11H13BrCl2N2O2S/c12-7-4-9(13)11(10(14)5-7)19(17,18)16-8-2-1-3-15-6-8/h4-5,8,15-16H,1-3,6H2/t8-/m0/s1. The molecule has 1 heterocycles. The number of benzene rings is 1. The summed E-state index contributed by atoms with van der Waals surface area (Å²) in [4.78, 5) is -0.0652. The Balaban J connectivity index is 2.29. The molecule has 0 bridgehead atoms. The van der Waals surface area contributed by atoms with E-state index in [2.05, 4.69) is 26.0 Å². The highest BCUT2D eigenvalue weighted by Crippen LogP contribution is 2.32. The van der Waals surface area contributed by atoms with Crippen LogP contribution in [0.2, 0.25) is 10.0 Å². The molecule has 0 unspecified atom stereocenters. The molecule has 19 heavy (non-hydrogen) atoms. The Bertz CT molecular complexity index is 551. The topological polar surface area (TPSA) is 58.2 Å². The number of sulfonamides is 1. The van der Waals surface area contributed by atoms with Gasteiger partial charge in [0, 0.05) is 17.1 Å². The molecule has 1 atom stereocenters. The molecule has 1 aromatic carbocycles. The first-order chi connectivity index (χ1) is 8.90. The van der Waals surface area contributed by atoms with Crippen LogP contribution in [-0.4, -0.2) is 27.5 Å². The molecule has 4 nitrogen and oxygen atoms in total. The number of nitrogens with one attached hydrogen (secondary N) is 2. The molecule has 1 saturated heterocycles. The van der Waals surface area contributed by atoms with E-state index in [4.69, 9.17) is 23.2 Å². The third kappa shape index (κ3) is 3.83. The van der Waals surface area contributed by atoms with Crippen molar-refractivity contribution in [3.63, 3.8) is 0 Å². The minimum atomic E-state index is -3.71. The number of hydrogen-bond acceptors (Lipinski definition) is 3. The van der Waals surface area contributed by atoms with Crippen LogP contribution in [0.1, 0.15) is 12.8 Å². The molecule has 1 aliphatic heterocycles. The smallest absolute Gasteiger partial charge is 0.243 e. The highest BCUT2D eigenvalue weighted by molar-refractivity contribution is 9.10. The van der Waals surface area contributed by atoms with Crippen LogP contribution in [0.3, 0.4) is 0 Å². The fourth-order valence-corrected chi connectivity index (χ4v) is 5.22. The number of rotatable bonds is 3. The molecule has 1 fully saturated rings. The summed E-state index contributed by atoms with van der Waals surface area (Å²) < 4.78 is 27.9. The zero-order valence-electron chi connectivity index (χ0n) is 9.92. The average molecular weight is 388 g/mol. The Morgan fingerprint density at radius 1 is 1.32 bits per heavy atom. The molecule has 0 amide bonds. The summed E-state index contributed by atoms with van der Waals surface area (Å²) in [5, 5.41) is 3.36. The van der Waals surface area contributed by atoms with Crippen LogP contribution in [0.15, 0.2) is 21.5 Å². The number of halogens is 3. The summed E-state index contributed by atoms with van der Waals surface area (Å²) in [6.07, 6.45) is 1.74. The number of hydrogen-bond donors (Lipinski definition) is 2. The van der Waals surface area contributed by atoms with Gasteiger partial charge in [0.15, 0.2) is 0 Å². The predicted octanol–water partition coefficient (Wildman–Crippen LogP) is 2.79. The second-order valence-electron chi connectivity index (χ2n) is 4.36. The molecular formula is C11H13BrCl2N2O2S. The average Bonchev–Trinajstić information content (AvgIpc) is 2.27. The molecule has 106 valence electrons. The fourth-order valence-electron chi connectivity index (χ4n) is 2.02. The lowest BCUT2D eigenvalue weighted by molar-refractivity contribution is 0.428. The van der Waals surface area contributed by atoms with E-state index in [1.807, 2.05) is 0 Å². The normalized spacial score (nSPS) is 20.5. The zero-order valence-corrected chi connectivity index (χ0v) is 13.8. The summed E-state index contributed by atoms with van der Waals surface area (Å²) in [5.74, 6) is 0. The first-order valence-corrected chi connectivity index (χ1v) is 8.81. The Labute approximate surface area is 131 Å². The first-order valence-electron chi connectivity index (χ1n) is 5.78. The van der Waals surface area contributed by atoms with Gasteiger partial charge in [-0.1, -0.05) is 39.1 Å². The van der Waals surface area contributed by atoms with Crippen molar-refractivity contribution in [3.8, 4) is 0 Å². The third-order valence-corrected chi connectivity index (χ3v) is 5.75. The van der Waals surface area contributed by atoms with Gasteiger partial charge in [0.2, 0.25) is 10.0 Å². The molecule has 8 heteroatoms. The zero-order chi connectivity index (χ0) is 14.0. The van der Waals surface area contributed by atoms with Crippen LogP contribution < -0.4 is 10.0 Å². The molecule has 0 aromatic heterocycles. The summed E-state index contributed by atoms with van der Waals surface area (Å²) in [6, 6.07) is 2.90. The summed E-state index contributed by atoms with van der Waals surface area (Å²) in [5.41, 5.74) is 0. The van der Waals surface area contributed by atoms with Crippen molar-refractivity contribution < 1.29 is 8.42 Å². The van der Waals surface area contributed by atoms with Crippen LogP contribution in [0.4, 0.5) is 0 Å². The number of piperidine rings is 1. The van der Waals surface area contributed by atoms with Gasteiger partial charge >= 0.3 is 0 Å². The second-order valence-corrected chi connectivity index (χ2v) is 7.74. The van der Waals surface area contributed by atoms with Gasteiger partial charge in [0.05, 0.1) is 10.0 Å². The predicted molar refractivity (Wildman–Crippen MR) is 80.4 cm³/mol. The Morgan fingerprint density at radius 3 is 2.47 bits per heavy atom. The van der Waals surface area contributed by atoms with Gasteiger partial charge in [-0.15, -0.1) is 0 Å². The molecule has 0 aliphatic carbocycles. The van der Waals surface area contributed by atoms with E-state index in [0.717, 1.165) is 19.4 Å². The van der Waals surface area contributed by atoms with E-state index >= 15 is 0 Å². The minimum Gasteiger partial charge on any atom is -0.315 e. The minimum absolute atomic E-state index is 0.0652. The highest BCUT2D eigenvalue weighted by atomic mass is 79.9. The third-order valence-electron chi connectivity index (χ3n) is 2.85. The van der Waals surface area contributed by atoms with E-state index in [0.29, 0.717) is 11.0 Å². The van der Waals surface area contributed by atoms with Gasteiger partial charge in [0.1, 0.15) is 4.90 Å². The van der Waals surface area contributed by atoms with Crippen LogP contribution in [-0.2, 0) is 10.0 Å². The summed E-state index contributed by atoms with van der Waals surface area (Å²) >= 11 is 15.2. The molecule has 0 radical (unpaired) electrons. The first kappa shape index (κ1) is 15.5. The second kappa shape index (κ2) is 6.28. The van der Waals surface area contributed by atoms with Crippen molar-refractivity contribution in [2.45, 2.75) is 23.8 Å². The molecule has 2 N–H and O–H groups in total. The molecule has 1 aliphatic rings. The maximum Gasteiger partial charge on any atom is 0.243 e. The van der Waals surface area contributed by atoms with Crippen molar-refractivity contribution >= 4 is 49.2 Å². The maximum atomic E-state index is 12.3. The van der Waals surface area contributed by atoms with E-state index in [9.17, 15) is 8.42 Å². The van der Waals surface area contributed by atoms with Crippen molar-refractivity contribution in [2.24, 2.45) is 0 Å². The van der Waals surface area contributed by atoms with Gasteiger partial charge in [0.25, 0.3) is 0 Å². The highest BCUT2D eigenvalue weighted by Gasteiger charge is 2.26. The van der Waals surface area contributed by atoms with Gasteiger partial charge in [-0.05, 0) is 31.5 Å². The van der Waals surface area contributed by atoms with Gasteiger partial charge in [-0.3, -0.25) is 0 Å². The van der Waals surface area contributed by atoms with Gasteiger partial charge in [-0.25, -0.2) is 13.1 Å². The Morgan fingerprint density at radius 2 is 1.95 bits per heavy atom. The molecule has 1 aromatic rings. The Kier molecular flexibility index (Phi) is 5.14. The summed E-state index contributed by atoms with van der Waals surface area (Å²) in [7, 11) is -3.71. The van der Waals surface area contributed by atoms with Crippen LogP contribution in [0, 0.1) is 0 Å². The van der Waals surface area contributed by atoms with Crippen molar-refractivity contribution in [3.05, 3.63) is 26.7 Å². The van der Waals surface area contributed by atoms with E-state index < -0.39 is 10.0 Å². The lowest BCUT2D eigenvalue weighted by Gasteiger charge is -2.24. The van der Waals surface area contributed by atoms with E-state index in [1.165, 1.54) is 12.1 Å². The lowest BCUT2D eigenvalue weighted by atomic mass is 10.1. The van der Waals surface area contributed by atoms with Crippen molar-refractivity contribution in [1.29, 1.82) is 0 Å². The van der Waals surface area contributed by atoms with Crippen molar-refractivity contribution in [1.82, 2.24) is 10.0 Å².